The number of carbonyl (C=O) groups excluding carboxylic acids is 6. The van der Waals surface area contributed by atoms with E-state index in [2.05, 4.69) is 5.32 Å². The van der Waals surface area contributed by atoms with Crippen LogP contribution in [0.15, 0.2) is 42.5 Å². The molecule has 0 saturated heterocycles. The Morgan fingerprint density at radius 3 is 2.00 bits per heavy atom. The third kappa shape index (κ3) is 10.7. The lowest BCUT2D eigenvalue weighted by molar-refractivity contribution is -0.165. The van der Waals surface area contributed by atoms with Gasteiger partial charge < -0.3 is 20.5 Å². The Bertz CT molecular complexity index is 1170. The summed E-state index contributed by atoms with van der Waals surface area (Å²) in [5, 5.41) is 2.57. The molecule has 12 nitrogen and oxygen atoms in total. The number of nitrogens with two attached hydrogens (primary N) is 1. The van der Waals surface area contributed by atoms with E-state index in [1.807, 2.05) is 0 Å². The van der Waals surface area contributed by atoms with Crippen LogP contribution >= 0.6 is 0 Å². The number of ether oxygens (including phenoxy) is 2. The van der Waals surface area contributed by atoms with E-state index in [1.165, 1.54) is 12.2 Å². The Morgan fingerprint density at radius 2 is 1.48 bits per heavy atom. The minimum absolute atomic E-state index is 0.0118. The summed E-state index contributed by atoms with van der Waals surface area (Å²) >= 11 is 0. The SMILES string of the molecule is CC(C)(C)OC(=O)[C@H](CCCCN1C(=O)C=CC1=O)N(C(=O)OC(C)(C)C)C(=O)[C@H](Cc1ccccc1)NC(=O)CN. The van der Waals surface area contributed by atoms with Crippen molar-refractivity contribution in [1.29, 1.82) is 0 Å². The zero-order valence-corrected chi connectivity index (χ0v) is 25.2. The Balaban J connectivity index is 2.45. The van der Waals surface area contributed by atoms with E-state index in [-0.39, 0.29) is 25.8 Å². The molecule has 2 atom stereocenters. The van der Waals surface area contributed by atoms with Gasteiger partial charge in [0.2, 0.25) is 5.91 Å². The fourth-order valence-electron chi connectivity index (χ4n) is 4.13. The van der Waals surface area contributed by atoms with Crippen LogP contribution in [0.25, 0.3) is 0 Å². The van der Waals surface area contributed by atoms with Gasteiger partial charge in [-0.05, 0) is 66.4 Å². The summed E-state index contributed by atoms with van der Waals surface area (Å²) < 4.78 is 11.1. The van der Waals surface area contributed by atoms with Gasteiger partial charge in [0.15, 0.2) is 0 Å². The normalized spacial score (nSPS) is 14.8. The molecule has 0 saturated carbocycles. The van der Waals surface area contributed by atoms with Crippen LogP contribution < -0.4 is 11.1 Å². The molecule has 2 rings (SSSR count). The molecular weight excluding hydrogens is 544 g/mol. The van der Waals surface area contributed by atoms with Gasteiger partial charge in [-0.3, -0.25) is 24.1 Å². The molecule has 5 amide bonds. The Kier molecular flexibility index (Phi) is 12.0. The van der Waals surface area contributed by atoms with Crippen LogP contribution in [-0.4, -0.2) is 81.9 Å². The number of hydrogen-bond acceptors (Lipinski definition) is 9. The number of amides is 5. The van der Waals surface area contributed by atoms with Crippen LogP contribution in [-0.2, 0) is 39.9 Å². The molecule has 0 bridgehead atoms. The summed E-state index contributed by atoms with van der Waals surface area (Å²) in [6, 6.07) is 6.16. The van der Waals surface area contributed by atoms with Gasteiger partial charge in [0.1, 0.15) is 23.3 Å². The third-order valence-electron chi connectivity index (χ3n) is 5.93. The maximum Gasteiger partial charge on any atom is 0.417 e. The highest BCUT2D eigenvalue weighted by Crippen LogP contribution is 2.22. The number of rotatable bonds is 12. The summed E-state index contributed by atoms with van der Waals surface area (Å²) in [6.07, 6.45) is 1.77. The molecule has 1 aromatic carbocycles. The summed E-state index contributed by atoms with van der Waals surface area (Å²) in [7, 11) is 0. The zero-order valence-electron chi connectivity index (χ0n) is 25.2. The molecule has 0 fully saturated rings. The molecule has 1 aliphatic heterocycles. The first-order valence-corrected chi connectivity index (χ1v) is 13.9. The molecule has 12 heteroatoms. The lowest BCUT2D eigenvalue weighted by Crippen LogP contribution is -2.58. The van der Waals surface area contributed by atoms with Crippen LogP contribution in [0.1, 0.15) is 66.4 Å². The van der Waals surface area contributed by atoms with E-state index in [0.29, 0.717) is 16.9 Å². The minimum Gasteiger partial charge on any atom is -0.458 e. The van der Waals surface area contributed by atoms with E-state index in [1.54, 1.807) is 71.9 Å². The first-order chi connectivity index (χ1) is 19.5. The first-order valence-electron chi connectivity index (χ1n) is 13.9. The van der Waals surface area contributed by atoms with Gasteiger partial charge in [-0.2, -0.15) is 0 Å². The number of benzene rings is 1. The molecule has 0 unspecified atom stereocenters. The van der Waals surface area contributed by atoms with Crippen molar-refractivity contribution in [3.63, 3.8) is 0 Å². The quantitative estimate of drug-likeness (QED) is 0.212. The van der Waals surface area contributed by atoms with E-state index in [4.69, 9.17) is 15.2 Å². The van der Waals surface area contributed by atoms with Crippen molar-refractivity contribution in [3.05, 3.63) is 48.0 Å². The largest absolute Gasteiger partial charge is 0.458 e. The fraction of sp³-hybridized carbons (Fsp3) is 0.533. The van der Waals surface area contributed by atoms with Crippen molar-refractivity contribution in [1.82, 2.24) is 15.1 Å². The van der Waals surface area contributed by atoms with Gasteiger partial charge in [-0.25, -0.2) is 14.5 Å². The van der Waals surface area contributed by atoms with Gasteiger partial charge in [0.05, 0.1) is 6.54 Å². The third-order valence-corrected chi connectivity index (χ3v) is 5.93. The van der Waals surface area contributed by atoms with E-state index < -0.39 is 65.5 Å². The molecule has 0 radical (unpaired) electrons. The predicted octanol–water partition coefficient (Wildman–Crippen LogP) is 2.24. The maximum atomic E-state index is 14.1. The smallest absolute Gasteiger partial charge is 0.417 e. The molecule has 1 aliphatic rings. The van der Waals surface area contributed by atoms with Gasteiger partial charge in [0.25, 0.3) is 17.7 Å². The minimum atomic E-state index is -1.43. The Morgan fingerprint density at radius 1 is 0.905 bits per heavy atom. The summed E-state index contributed by atoms with van der Waals surface area (Å²) in [5.74, 6) is -3.22. The van der Waals surface area contributed by atoms with Crippen molar-refractivity contribution in [3.8, 4) is 0 Å². The number of imide groups is 2. The lowest BCUT2D eigenvalue weighted by atomic mass is 10.0. The second kappa shape index (κ2) is 14.7. The average molecular weight is 587 g/mol. The topological polar surface area (TPSA) is 165 Å². The molecule has 3 N–H and O–H groups in total. The van der Waals surface area contributed by atoms with E-state index >= 15 is 0 Å². The number of hydrogen-bond donors (Lipinski definition) is 2. The first kappa shape index (κ1) is 34.1. The molecule has 0 spiro atoms. The molecule has 0 aliphatic carbocycles. The van der Waals surface area contributed by atoms with Crippen LogP contribution in [0.3, 0.4) is 0 Å². The summed E-state index contributed by atoms with van der Waals surface area (Å²) in [6.45, 7) is 9.50. The van der Waals surface area contributed by atoms with Crippen LogP contribution in [0, 0.1) is 0 Å². The van der Waals surface area contributed by atoms with Gasteiger partial charge in [-0.1, -0.05) is 30.3 Å². The van der Waals surface area contributed by atoms with Gasteiger partial charge >= 0.3 is 12.1 Å². The van der Waals surface area contributed by atoms with Gasteiger partial charge in [0, 0.05) is 25.1 Å². The Hall–Kier alpha value is -4.06. The van der Waals surface area contributed by atoms with Crippen LogP contribution in [0.5, 0.6) is 0 Å². The van der Waals surface area contributed by atoms with Gasteiger partial charge in [-0.15, -0.1) is 0 Å². The summed E-state index contributed by atoms with van der Waals surface area (Å²) in [5.41, 5.74) is 4.23. The number of esters is 1. The molecule has 1 aromatic rings. The number of carbonyl (C=O) groups is 6. The average Bonchev–Trinajstić information content (AvgIpc) is 3.20. The van der Waals surface area contributed by atoms with Crippen LogP contribution in [0.2, 0.25) is 0 Å². The standard InChI is InChI=1S/C30H42N4O8/c1-29(2,3)41-27(39)22(14-10-11-17-33-24(36)15-16-25(33)37)34(28(40)42-30(4,5)6)26(38)21(32-23(35)19-31)18-20-12-8-7-9-13-20/h7-9,12-13,15-16,21-22H,10-11,14,17-19,31H2,1-6H3,(H,32,35)/t21-,22-/m0/s1. The summed E-state index contributed by atoms with van der Waals surface area (Å²) in [4.78, 5) is 79.2. The van der Waals surface area contributed by atoms with Crippen molar-refractivity contribution < 1.29 is 38.2 Å². The van der Waals surface area contributed by atoms with Crippen molar-refractivity contribution in [2.45, 2.75) is 90.5 Å². The van der Waals surface area contributed by atoms with E-state index in [0.717, 1.165) is 4.90 Å². The molecule has 1 heterocycles. The molecule has 230 valence electrons. The maximum absolute atomic E-state index is 14.1. The fourth-order valence-corrected chi connectivity index (χ4v) is 4.13. The second-order valence-electron chi connectivity index (χ2n) is 11.9. The lowest BCUT2D eigenvalue weighted by Gasteiger charge is -2.34. The molecular formula is C30H42N4O8. The number of nitrogens with zero attached hydrogens (tertiary/aromatic N) is 2. The zero-order chi connectivity index (χ0) is 31.7. The van der Waals surface area contributed by atoms with E-state index in [9.17, 15) is 28.8 Å². The van der Waals surface area contributed by atoms with Crippen molar-refractivity contribution in [2.75, 3.05) is 13.1 Å². The predicted molar refractivity (Wildman–Crippen MR) is 154 cm³/mol. The Labute approximate surface area is 246 Å². The molecule has 42 heavy (non-hydrogen) atoms. The second-order valence-corrected chi connectivity index (χ2v) is 11.9. The molecule has 0 aromatic heterocycles. The van der Waals surface area contributed by atoms with Crippen molar-refractivity contribution >= 4 is 35.7 Å². The van der Waals surface area contributed by atoms with Crippen molar-refractivity contribution in [2.24, 2.45) is 5.73 Å². The highest BCUT2D eigenvalue weighted by atomic mass is 16.6. The monoisotopic (exact) mass is 586 g/mol. The highest BCUT2D eigenvalue weighted by molar-refractivity contribution is 6.12. The number of nitrogens with one attached hydrogen (secondary N) is 1. The highest BCUT2D eigenvalue weighted by Gasteiger charge is 2.42. The number of unbranched alkanes of at least 4 members (excludes halogenated alkanes) is 1. The van der Waals surface area contributed by atoms with Crippen LogP contribution in [0.4, 0.5) is 4.79 Å².